The summed E-state index contributed by atoms with van der Waals surface area (Å²) < 4.78 is 0. The normalized spacial score (nSPS) is 13.6. The molecule has 6 nitrogen and oxygen atoms in total. The number of amidine groups is 1. The van der Waals surface area contributed by atoms with E-state index in [9.17, 15) is 0 Å². The van der Waals surface area contributed by atoms with Gasteiger partial charge in [-0.15, -0.1) is 25.5 Å². The molecule has 2 heterocycles. The number of rotatable bonds is 2. The molecule has 4 rings (SSSR count). The summed E-state index contributed by atoms with van der Waals surface area (Å²) in [4.78, 5) is 0. The van der Waals surface area contributed by atoms with Gasteiger partial charge in [0.2, 0.25) is 5.17 Å². The second kappa shape index (κ2) is 7.00. The number of benzene rings is 2. The molecule has 1 aromatic heterocycles. The Morgan fingerprint density at radius 2 is 1.60 bits per heavy atom. The molecule has 0 saturated heterocycles. The van der Waals surface area contributed by atoms with Crippen LogP contribution in [0.15, 0.2) is 87.1 Å². The van der Waals surface area contributed by atoms with E-state index < -0.39 is 0 Å². The number of hydrazone groups is 1. The third-order valence-electron chi connectivity index (χ3n) is 3.32. The molecule has 1 aliphatic heterocycles. The first-order valence-corrected chi connectivity index (χ1v) is 8.61. The number of thioether (sulfide) groups is 1. The van der Waals surface area contributed by atoms with E-state index in [1.165, 1.54) is 11.8 Å². The first kappa shape index (κ1) is 15.7. The molecular weight excluding hydrogens is 356 g/mol. The lowest BCUT2D eigenvalue weighted by Crippen LogP contribution is -2.17. The quantitative estimate of drug-likeness (QED) is 0.567. The molecule has 122 valence electrons. The highest BCUT2D eigenvalue weighted by molar-refractivity contribution is 8.14. The maximum atomic E-state index is 6.01. The Morgan fingerprint density at radius 1 is 0.880 bits per heavy atom. The minimum absolute atomic E-state index is 0.310. The van der Waals surface area contributed by atoms with Gasteiger partial charge in [-0.1, -0.05) is 48.0 Å². The molecule has 0 saturated carbocycles. The van der Waals surface area contributed by atoms with E-state index >= 15 is 0 Å². The summed E-state index contributed by atoms with van der Waals surface area (Å²) >= 11 is 7.31. The molecule has 0 atom stereocenters. The summed E-state index contributed by atoms with van der Waals surface area (Å²) in [7, 11) is 0. The Kier molecular flexibility index (Phi) is 4.41. The van der Waals surface area contributed by atoms with E-state index in [1.807, 2.05) is 60.7 Å². The van der Waals surface area contributed by atoms with Crippen molar-refractivity contribution in [3.8, 4) is 0 Å². The van der Waals surface area contributed by atoms with Crippen LogP contribution in [0.3, 0.4) is 0 Å². The maximum Gasteiger partial charge on any atom is 0.234 e. The lowest BCUT2D eigenvalue weighted by Gasteiger charge is -2.24. The molecule has 0 N–H and O–H groups in total. The molecule has 3 aromatic rings. The predicted octanol–water partition coefficient (Wildman–Crippen LogP) is 5.43. The largest absolute Gasteiger partial charge is 0.234 e. The van der Waals surface area contributed by atoms with Crippen LogP contribution in [0.1, 0.15) is 0 Å². The van der Waals surface area contributed by atoms with Crippen molar-refractivity contribution in [3.05, 3.63) is 71.9 Å². The average Bonchev–Trinajstić information content (AvgIpc) is 2.67. The minimum atomic E-state index is 0.310. The lowest BCUT2D eigenvalue weighted by atomic mass is 10.3. The van der Waals surface area contributed by atoms with Gasteiger partial charge in [-0.25, -0.2) is 5.01 Å². The van der Waals surface area contributed by atoms with Crippen molar-refractivity contribution < 1.29 is 0 Å². The summed E-state index contributed by atoms with van der Waals surface area (Å²) in [5.41, 5.74) is 2.39. The summed E-state index contributed by atoms with van der Waals surface area (Å²) in [6.45, 7) is 0. The second-order valence-corrected chi connectivity index (χ2v) is 6.37. The number of para-hydroxylation sites is 1. The lowest BCUT2D eigenvalue weighted by molar-refractivity contribution is 0.898. The SMILES string of the molecule is Clc1cc2c(nn1)SC(N=Nc1ccccc1)=NN2c1ccccc1. The number of aromatic nitrogens is 2. The highest BCUT2D eigenvalue weighted by Crippen LogP contribution is 2.39. The van der Waals surface area contributed by atoms with E-state index in [0.29, 0.717) is 15.3 Å². The summed E-state index contributed by atoms with van der Waals surface area (Å²) in [6, 6.07) is 20.9. The number of anilines is 2. The van der Waals surface area contributed by atoms with E-state index in [2.05, 4.69) is 25.5 Å². The number of nitrogens with zero attached hydrogens (tertiary/aromatic N) is 6. The van der Waals surface area contributed by atoms with Gasteiger partial charge in [0.15, 0.2) is 10.2 Å². The van der Waals surface area contributed by atoms with Crippen LogP contribution in [-0.2, 0) is 0 Å². The maximum absolute atomic E-state index is 6.01. The van der Waals surface area contributed by atoms with E-state index in [-0.39, 0.29) is 0 Å². The highest BCUT2D eigenvalue weighted by Gasteiger charge is 2.24. The second-order valence-electron chi connectivity index (χ2n) is 5.02. The number of hydrogen-bond acceptors (Lipinski definition) is 7. The van der Waals surface area contributed by atoms with Gasteiger partial charge in [-0.3, -0.25) is 0 Å². The number of hydrogen-bond donors (Lipinski definition) is 0. The molecule has 0 unspecified atom stereocenters. The van der Waals surface area contributed by atoms with Crippen molar-refractivity contribution >= 4 is 45.6 Å². The third kappa shape index (κ3) is 3.52. The first-order valence-electron chi connectivity index (χ1n) is 7.41. The van der Waals surface area contributed by atoms with Crippen molar-refractivity contribution in [3.63, 3.8) is 0 Å². The number of halogens is 1. The van der Waals surface area contributed by atoms with Crippen LogP contribution >= 0.6 is 23.4 Å². The number of azo groups is 1. The van der Waals surface area contributed by atoms with Crippen LogP contribution in [0, 0.1) is 0 Å². The predicted molar refractivity (Wildman–Crippen MR) is 99.9 cm³/mol. The molecule has 0 radical (unpaired) electrons. The van der Waals surface area contributed by atoms with Crippen molar-refractivity contribution in [2.24, 2.45) is 15.3 Å². The standard InChI is InChI=1S/C17H11ClN6S/c18-15-11-14-16(21-20-15)25-17(22-19-12-7-3-1-4-8-12)23-24(14)13-9-5-2-6-10-13/h1-11H. The number of fused-ring (bicyclic) bond motifs is 1. The van der Waals surface area contributed by atoms with E-state index in [1.54, 1.807) is 11.1 Å². The molecule has 0 aliphatic carbocycles. The fraction of sp³-hybridized carbons (Fsp3) is 0. The van der Waals surface area contributed by atoms with Crippen LogP contribution in [-0.4, -0.2) is 15.4 Å². The first-order chi connectivity index (χ1) is 12.3. The zero-order chi connectivity index (χ0) is 17.1. The Balaban J connectivity index is 1.73. The Labute approximate surface area is 153 Å². The smallest absolute Gasteiger partial charge is 0.228 e. The summed E-state index contributed by atoms with van der Waals surface area (Å²) in [6.07, 6.45) is 0. The van der Waals surface area contributed by atoms with Crippen LogP contribution in [0.25, 0.3) is 0 Å². The Bertz CT molecular complexity index is 946. The van der Waals surface area contributed by atoms with Crippen LogP contribution in [0.5, 0.6) is 0 Å². The molecule has 0 bridgehead atoms. The fourth-order valence-corrected chi connectivity index (χ4v) is 3.07. The van der Waals surface area contributed by atoms with Crippen molar-refractivity contribution in [1.29, 1.82) is 0 Å². The monoisotopic (exact) mass is 366 g/mol. The molecule has 8 heteroatoms. The zero-order valence-corrected chi connectivity index (χ0v) is 14.4. The molecule has 0 amide bonds. The molecule has 1 aliphatic rings. The fourth-order valence-electron chi connectivity index (χ4n) is 2.22. The molecular formula is C17H11ClN6S. The Morgan fingerprint density at radius 3 is 2.36 bits per heavy atom. The minimum Gasteiger partial charge on any atom is -0.228 e. The van der Waals surface area contributed by atoms with Gasteiger partial charge in [0.05, 0.1) is 11.4 Å². The molecule has 0 fully saturated rings. The van der Waals surface area contributed by atoms with Gasteiger partial charge in [-0.2, -0.15) is 0 Å². The summed E-state index contributed by atoms with van der Waals surface area (Å²) in [5, 5.41) is 24.3. The molecule has 0 spiro atoms. The topological polar surface area (TPSA) is 66.1 Å². The zero-order valence-electron chi connectivity index (χ0n) is 12.8. The third-order valence-corrected chi connectivity index (χ3v) is 4.34. The van der Waals surface area contributed by atoms with Gasteiger partial charge < -0.3 is 0 Å². The average molecular weight is 367 g/mol. The Hall–Kier alpha value is -2.77. The van der Waals surface area contributed by atoms with Crippen molar-refractivity contribution in [2.75, 3.05) is 5.01 Å². The van der Waals surface area contributed by atoms with Gasteiger partial charge in [0.25, 0.3) is 0 Å². The van der Waals surface area contributed by atoms with Gasteiger partial charge in [0.1, 0.15) is 5.69 Å². The van der Waals surface area contributed by atoms with Crippen molar-refractivity contribution in [1.82, 2.24) is 10.2 Å². The van der Waals surface area contributed by atoms with Crippen molar-refractivity contribution in [2.45, 2.75) is 5.03 Å². The van der Waals surface area contributed by atoms with E-state index in [4.69, 9.17) is 11.6 Å². The van der Waals surface area contributed by atoms with Crippen LogP contribution < -0.4 is 5.01 Å². The van der Waals surface area contributed by atoms with Crippen LogP contribution in [0.2, 0.25) is 5.15 Å². The van der Waals surface area contributed by atoms with E-state index in [0.717, 1.165) is 17.1 Å². The van der Waals surface area contributed by atoms with Gasteiger partial charge in [-0.05, 0) is 36.0 Å². The van der Waals surface area contributed by atoms with Gasteiger partial charge in [0, 0.05) is 6.07 Å². The van der Waals surface area contributed by atoms with Gasteiger partial charge >= 0.3 is 0 Å². The molecule has 2 aromatic carbocycles. The summed E-state index contributed by atoms with van der Waals surface area (Å²) in [5.74, 6) is 0. The van der Waals surface area contributed by atoms with Crippen LogP contribution in [0.4, 0.5) is 17.1 Å². The highest BCUT2D eigenvalue weighted by atomic mass is 35.5. The molecule has 25 heavy (non-hydrogen) atoms.